The number of carbonyl (C=O) groups is 1. The van der Waals surface area contributed by atoms with Crippen molar-refractivity contribution in [3.8, 4) is 0 Å². The number of thiophene rings is 1. The highest BCUT2D eigenvalue weighted by Gasteiger charge is 2.16. The van der Waals surface area contributed by atoms with Gasteiger partial charge >= 0.3 is 0 Å². The normalized spacial score (nSPS) is 12.4. The number of benzene rings is 1. The van der Waals surface area contributed by atoms with Gasteiger partial charge in [0.05, 0.1) is 12.2 Å². The lowest BCUT2D eigenvalue weighted by atomic mass is 10.2. The molecule has 0 aliphatic rings. The van der Waals surface area contributed by atoms with Gasteiger partial charge in [-0.25, -0.2) is 8.78 Å². The minimum Gasteiger partial charge on any atom is -0.322 e. The minimum atomic E-state index is -0.780. The summed E-state index contributed by atoms with van der Waals surface area (Å²) in [7, 11) is 1.82. The van der Waals surface area contributed by atoms with Crippen LogP contribution in [0.15, 0.2) is 35.7 Å². The Hall–Kier alpha value is -1.79. The monoisotopic (exact) mass is 310 g/mol. The number of rotatable bonds is 5. The Morgan fingerprint density at radius 2 is 2.14 bits per heavy atom. The second-order valence-corrected chi connectivity index (χ2v) is 5.76. The first-order valence-electron chi connectivity index (χ1n) is 6.46. The zero-order valence-electron chi connectivity index (χ0n) is 11.8. The maximum Gasteiger partial charge on any atom is 0.238 e. The number of carbonyl (C=O) groups excluding carboxylic acids is 1. The largest absolute Gasteiger partial charge is 0.322 e. The van der Waals surface area contributed by atoms with Gasteiger partial charge in [-0.15, -0.1) is 11.3 Å². The van der Waals surface area contributed by atoms with Crippen molar-refractivity contribution in [1.29, 1.82) is 0 Å². The zero-order chi connectivity index (χ0) is 15.4. The molecule has 0 spiro atoms. The van der Waals surface area contributed by atoms with E-state index in [2.05, 4.69) is 5.32 Å². The van der Waals surface area contributed by atoms with Gasteiger partial charge in [-0.2, -0.15) is 0 Å². The van der Waals surface area contributed by atoms with Crippen LogP contribution in [0.1, 0.15) is 17.8 Å². The first kappa shape index (κ1) is 15.6. The maximum absolute atomic E-state index is 13.5. The Labute approximate surface area is 126 Å². The van der Waals surface area contributed by atoms with E-state index in [-0.39, 0.29) is 24.2 Å². The van der Waals surface area contributed by atoms with Crippen LogP contribution in [0.25, 0.3) is 0 Å². The third-order valence-corrected chi connectivity index (χ3v) is 4.26. The second kappa shape index (κ2) is 6.78. The van der Waals surface area contributed by atoms with Crippen molar-refractivity contribution >= 4 is 22.9 Å². The summed E-state index contributed by atoms with van der Waals surface area (Å²) in [6.45, 7) is 2.12. The Bertz CT molecular complexity index is 616. The van der Waals surface area contributed by atoms with Crippen LogP contribution >= 0.6 is 11.3 Å². The summed E-state index contributed by atoms with van der Waals surface area (Å²) in [5.41, 5.74) is -0.0152. The molecule has 6 heteroatoms. The average Bonchev–Trinajstić information content (AvgIpc) is 2.95. The molecule has 0 aliphatic heterocycles. The predicted molar refractivity (Wildman–Crippen MR) is 80.4 cm³/mol. The Kier molecular flexibility index (Phi) is 5.03. The molecule has 0 unspecified atom stereocenters. The van der Waals surface area contributed by atoms with Crippen LogP contribution in [0, 0.1) is 11.6 Å². The van der Waals surface area contributed by atoms with Gasteiger partial charge in [0.15, 0.2) is 0 Å². The summed E-state index contributed by atoms with van der Waals surface area (Å²) in [5, 5.41) is 4.43. The number of amides is 1. The zero-order valence-corrected chi connectivity index (χ0v) is 12.6. The van der Waals surface area contributed by atoms with Crippen LogP contribution in [-0.4, -0.2) is 24.4 Å². The highest BCUT2D eigenvalue weighted by molar-refractivity contribution is 7.10. The van der Waals surface area contributed by atoms with E-state index in [4.69, 9.17) is 0 Å². The van der Waals surface area contributed by atoms with Crippen LogP contribution in [0.5, 0.6) is 0 Å². The number of nitrogens with zero attached hydrogens (tertiary/aromatic N) is 1. The quantitative estimate of drug-likeness (QED) is 0.914. The van der Waals surface area contributed by atoms with E-state index in [0.29, 0.717) is 0 Å². The highest BCUT2D eigenvalue weighted by Crippen LogP contribution is 2.23. The SMILES string of the molecule is C[C@H](c1cccs1)N(C)CC(=O)Nc1ccc(F)cc1F. The molecule has 1 atom stereocenters. The molecular formula is C15H16F2N2OS. The molecule has 21 heavy (non-hydrogen) atoms. The lowest BCUT2D eigenvalue weighted by Crippen LogP contribution is -2.32. The molecule has 0 aliphatic carbocycles. The lowest BCUT2D eigenvalue weighted by molar-refractivity contribution is -0.117. The smallest absolute Gasteiger partial charge is 0.238 e. The van der Waals surface area contributed by atoms with Gasteiger partial charge in [0.2, 0.25) is 5.91 Å². The van der Waals surface area contributed by atoms with Crippen molar-refractivity contribution in [2.45, 2.75) is 13.0 Å². The number of nitrogens with one attached hydrogen (secondary N) is 1. The van der Waals surface area contributed by atoms with E-state index in [1.54, 1.807) is 11.3 Å². The van der Waals surface area contributed by atoms with Crippen molar-refractivity contribution in [3.05, 3.63) is 52.2 Å². The molecule has 1 N–H and O–H groups in total. The number of halogens is 2. The second-order valence-electron chi connectivity index (χ2n) is 4.78. The van der Waals surface area contributed by atoms with Crippen molar-refractivity contribution < 1.29 is 13.6 Å². The number of hydrogen-bond donors (Lipinski definition) is 1. The Morgan fingerprint density at radius 1 is 1.38 bits per heavy atom. The Morgan fingerprint density at radius 3 is 2.76 bits per heavy atom. The summed E-state index contributed by atoms with van der Waals surface area (Å²) in [5.74, 6) is -1.79. The number of hydrogen-bond acceptors (Lipinski definition) is 3. The summed E-state index contributed by atoms with van der Waals surface area (Å²) >= 11 is 1.62. The van der Waals surface area contributed by atoms with Crippen molar-refractivity contribution in [1.82, 2.24) is 4.90 Å². The average molecular weight is 310 g/mol. The van der Waals surface area contributed by atoms with Gasteiger partial charge < -0.3 is 5.32 Å². The molecule has 2 rings (SSSR count). The number of likely N-dealkylation sites (N-methyl/N-ethyl adjacent to an activating group) is 1. The van der Waals surface area contributed by atoms with E-state index < -0.39 is 11.6 Å². The van der Waals surface area contributed by atoms with Crippen molar-refractivity contribution in [2.75, 3.05) is 18.9 Å². The van der Waals surface area contributed by atoms with Gasteiger partial charge in [0.25, 0.3) is 0 Å². The predicted octanol–water partition coefficient (Wildman–Crippen LogP) is 3.66. The van der Waals surface area contributed by atoms with Crippen molar-refractivity contribution in [3.63, 3.8) is 0 Å². The molecule has 0 bridgehead atoms. The molecule has 112 valence electrons. The molecule has 0 saturated carbocycles. The molecule has 1 amide bonds. The molecular weight excluding hydrogens is 294 g/mol. The van der Waals surface area contributed by atoms with Crippen LogP contribution in [0.3, 0.4) is 0 Å². The summed E-state index contributed by atoms with van der Waals surface area (Å²) < 4.78 is 26.3. The van der Waals surface area contributed by atoms with Gasteiger partial charge in [-0.3, -0.25) is 9.69 Å². The molecule has 0 saturated heterocycles. The van der Waals surface area contributed by atoms with Crippen LogP contribution in [0.2, 0.25) is 0 Å². The van der Waals surface area contributed by atoms with Crippen molar-refractivity contribution in [2.24, 2.45) is 0 Å². The topological polar surface area (TPSA) is 32.3 Å². The fourth-order valence-corrected chi connectivity index (χ4v) is 2.74. The fraction of sp³-hybridized carbons (Fsp3) is 0.267. The first-order chi connectivity index (χ1) is 9.97. The molecule has 0 radical (unpaired) electrons. The fourth-order valence-electron chi connectivity index (χ4n) is 1.89. The third kappa shape index (κ3) is 4.09. The Balaban J connectivity index is 1.95. The van der Waals surface area contributed by atoms with Gasteiger partial charge in [-0.05, 0) is 37.6 Å². The molecule has 2 aromatic rings. The summed E-state index contributed by atoms with van der Waals surface area (Å²) in [4.78, 5) is 14.9. The van der Waals surface area contributed by atoms with E-state index in [0.717, 1.165) is 17.0 Å². The first-order valence-corrected chi connectivity index (χ1v) is 7.34. The van der Waals surface area contributed by atoms with E-state index in [1.807, 2.05) is 36.4 Å². The third-order valence-electron chi connectivity index (χ3n) is 3.21. The standard InChI is InChI=1S/C15H16F2N2OS/c1-10(14-4-3-7-21-14)19(2)9-15(20)18-13-6-5-11(16)8-12(13)17/h3-8,10H,9H2,1-2H3,(H,18,20)/t10-/m1/s1. The number of anilines is 1. The van der Waals surface area contributed by atoms with Gasteiger partial charge in [-0.1, -0.05) is 6.07 Å². The van der Waals surface area contributed by atoms with E-state index in [1.165, 1.54) is 6.07 Å². The molecule has 0 fully saturated rings. The maximum atomic E-state index is 13.5. The molecule has 3 nitrogen and oxygen atoms in total. The van der Waals surface area contributed by atoms with Gasteiger partial charge in [0.1, 0.15) is 11.6 Å². The molecule has 1 aromatic heterocycles. The van der Waals surface area contributed by atoms with Crippen LogP contribution in [0.4, 0.5) is 14.5 Å². The van der Waals surface area contributed by atoms with Crippen LogP contribution < -0.4 is 5.32 Å². The summed E-state index contributed by atoms with van der Waals surface area (Å²) in [6, 6.07) is 7.12. The van der Waals surface area contributed by atoms with Crippen LogP contribution in [-0.2, 0) is 4.79 Å². The lowest BCUT2D eigenvalue weighted by Gasteiger charge is -2.23. The van der Waals surface area contributed by atoms with E-state index >= 15 is 0 Å². The highest BCUT2D eigenvalue weighted by atomic mass is 32.1. The minimum absolute atomic E-state index is 0.0152. The summed E-state index contributed by atoms with van der Waals surface area (Å²) in [6.07, 6.45) is 0. The van der Waals surface area contributed by atoms with E-state index in [9.17, 15) is 13.6 Å². The molecule has 1 aromatic carbocycles. The molecule has 1 heterocycles. The van der Waals surface area contributed by atoms with Gasteiger partial charge in [0, 0.05) is 17.0 Å².